The SMILES string of the molecule is COc1ccc(CC(F)CCN(c2ccc(C#N)c(NC(=O)c3ccnc4cncnc34)c2F)[SH](=O)=O)cc1. The van der Waals surface area contributed by atoms with Gasteiger partial charge in [-0.25, -0.2) is 27.2 Å². The molecule has 39 heavy (non-hydrogen) atoms. The fourth-order valence-corrected chi connectivity index (χ4v) is 4.52. The number of methoxy groups -OCH3 is 1. The molecule has 2 aromatic carbocycles. The lowest BCUT2D eigenvalue weighted by molar-refractivity contribution is 0.102. The second-order valence-corrected chi connectivity index (χ2v) is 9.26. The number of rotatable bonds is 10. The number of halogens is 2. The predicted octanol–water partition coefficient (Wildman–Crippen LogP) is 3.60. The van der Waals surface area contributed by atoms with Crippen molar-refractivity contribution in [1.29, 1.82) is 5.26 Å². The number of carbonyl (C=O) groups excluding carboxylic acids is 1. The average Bonchev–Trinajstić information content (AvgIpc) is 2.94. The van der Waals surface area contributed by atoms with Gasteiger partial charge in [-0.3, -0.25) is 14.1 Å². The Balaban J connectivity index is 1.56. The first-order valence-corrected chi connectivity index (χ1v) is 12.7. The monoisotopic (exact) mass is 552 g/mol. The van der Waals surface area contributed by atoms with Crippen LogP contribution in [0.3, 0.4) is 0 Å². The number of anilines is 2. The van der Waals surface area contributed by atoms with E-state index in [1.165, 1.54) is 38.0 Å². The zero-order valence-corrected chi connectivity index (χ0v) is 21.4. The molecule has 1 atom stereocenters. The standard InChI is InChI=1S/C26H22F2N6O4S/c1-38-19-5-2-16(3-6-19)12-18(27)9-11-34(39(36)37)22-7-4-17(13-29)24(23(22)28)33-26(35)20-8-10-31-21-14-30-15-32-25(20)21/h2-8,10,14-15,18,39H,9,11-12H2,1H3,(H,33,35). The van der Waals surface area contributed by atoms with Crippen LogP contribution in [0.4, 0.5) is 20.2 Å². The fourth-order valence-electron chi connectivity index (χ4n) is 3.91. The summed E-state index contributed by atoms with van der Waals surface area (Å²) in [6, 6.07) is 12.2. The lowest BCUT2D eigenvalue weighted by Gasteiger charge is -2.21. The third-order valence-corrected chi connectivity index (χ3v) is 6.68. The molecule has 200 valence electrons. The molecule has 0 aliphatic rings. The highest BCUT2D eigenvalue weighted by molar-refractivity contribution is 7.74. The molecule has 2 heterocycles. The number of pyridine rings is 1. The molecule has 0 saturated heterocycles. The van der Waals surface area contributed by atoms with Gasteiger partial charge in [0.15, 0.2) is 5.82 Å². The Morgan fingerprint density at radius 1 is 1.18 bits per heavy atom. The summed E-state index contributed by atoms with van der Waals surface area (Å²) >= 11 is 0. The fraction of sp³-hybridized carbons (Fsp3) is 0.192. The van der Waals surface area contributed by atoms with E-state index in [9.17, 15) is 22.9 Å². The van der Waals surface area contributed by atoms with Crippen molar-refractivity contribution in [3.05, 3.63) is 83.7 Å². The van der Waals surface area contributed by atoms with Gasteiger partial charge in [-0.2, -0.15) is 5.26 Å². The molecule has 2 aromatic heterocycles. The van der Waals surface area contributed by atoms with Gasteiger partial charge in [0, 0.05) is 19.2 Å². The van der Waals surface area contributed by atoms with Crippen LogP contribution in [0.15, 0.2) is 61.2 Å². The number of hydrogen-bond acceptors (Lipinski definition) is 8. The van der Waals surface area contributed by atoms with Crippen molar-refractivity contribution in [3.8, 4) is 11.8 Å². The molecule has 1 amide bonds. The molecule has 4 rings (SSSR count). The highest BCUT2D eigenvalue weighted by Gasteiger charge is 2.23. The summed E-state index contributed by atoms with van der Waals surface area (Å²) in [5, 5.41) is 11.8. The van der Waals surface area contributed by atoms with Gasteiger partial charge in [0.1, 0.15) is 35.4 Å². The quantitative estimate of drug-likeness (QED) is 0.285. The number of carbonyl (C=O) groups is 1. The van der Waals surface area contributed by atoms with Crippen LogP contribution in [-0.4, -0.2) is 49.1 Å². The number of ether oxygens (including phenoxy) is 1. The van der Waals surface area contributed by atoms with Crippen LogP contribution in [-0.2, 0) is 17.3 Å². The van der Waals surface area contributed by atoms with Crippen molar-refractivity contribution in [3.63, 3.8) is 0 Å². The number of nitrogens with zero attached hydrogens (tertiary/aromatic N) is 5. The molecular weight excluding hydrogens is 530 g/mol. The van der Waals surface area contributed by atoms with Crippen LogP contribution < -0.4 is 14.4 Å². The Labute approximate surface area is 224 Å². The van der Waals surface area contributed by atoms with Gasteiger partial charge in [-0.1, -0.05) is 12.1 Å². The zero-order valence-electron chi connectivity index (χ0n) is 20.5. The molecule has 0 saturated carbocycles. The van der Waals surface area contributed by atoms with Gasteiger partial charge in [0.05, 0.1) is 35.8 Å². The minimum absolute atomic E-state index is 0.0219. The number of nitriles is 1. The molecule has 13 heteroatoms. The molecule has 0 aliphatic carbocycles. The first kappa shape index (κ1) is 27.3. The van der Waals surface area contributed by atoms with E-state index in [1.807, 2.05) is 0 Å². The Morgan fingerprint density at radius 3 is 2.64 bits per heavy atom. The summed E-state index contributed by atoms with van der Waals surface area (Å²) < 4.78 is 60.2. The highest BCUT2D eigenvalue weighted by Crippen LogP contribution is 2.31. The molecule has 0 aliphatic heterocycles. The van der Waals surface area contributed by atoms with E-state index in [2.05, 4.69) is 20.3 Å². The van der Waals surface area contributed by atoms with Crippen LogP contribution in [0.1, 0.15) is 27.9 Å². The number of thiol groups is 1. The van der Waals surface area contributed by atoms with Gasteiger partial charge in [-0.05, 0) is 42.3 Å². The maximum Gasteiger partial charge on any atom is 0.258 e. The number of hydrogen-bond donors (Lipinski definition) is 2. The number of alkyl halides is 1. The summed E-state index contributed by atoms with van der Waals surface area (Å²) in [6.45, 7) is -0.363. The average molecular weight is 553 g/mol. The van der Waals surface area contributed by atoms with Crippen LogP contribution in [0, 0.1) is 17.1 Å². The number of nitrogens with one attached hydrogen (secondary N) is 1. The second-order valence-electron chi connectivity index (χ2n) is 8.30. The lowest BCUT2D eigenvalue weighted by atomic mass is 10.1. The minimum atomic E-state index is -3.38. The number of fused-ring (bicyclic) bond motifs is 1. The van der Waals surface area contributed by atoms with Gasteiger partial charge in [0.2, 0.25) is 10.9 Å². The molecule has 0 fully saturated rings. The van der Waals surface area contributed by atoms with E-state index in [0.29, 0.717) is 21.1 Å². The molecule has 0 bridgehead atoms. The summed E-state index contributed by atoms with van der Waals surface area (Å²) in [5.74, 6) is -1.33. The third kappa shape index (κ3) is 6.24. The molecule has 1 unspecified atom stereocenters. The van der Waals surface area contributed by atoms with Crippen LogP contribution in [0.2, 0.25) is 0 Å². The molecule has 4 aromatic rings. The first-order chi connectivity index (χ1) is 18.8. The van der Waals surface area contributed by atoms with Gasteiger partial charge in [-0.15, -0.1) is 0 Å². The Bertz CT molecular complexity index is 1610. The Morgan fingerprint density at radius 2 is 1.95 bits per heavy atom. The molecule has 0 spiro atoms. The van der Waals surface area contributed by atoms with Crippen molar-refractivity contribution >= 4 is 39.2 Å². The highest BCUT2D eigenvalue weighted by atomic mass is 32.2. The maximum atomic E-state index is 15.6. The molecule has 10 nitrogen and oxygen atoms in total. The third-order valence-electron chi connectivity index (χ3n) is 5.87. The molecular formula is C26H22F2N6O4S. The second kappa shape index (κ2) is 12.2. The van der Waals surface area contributed by atoms with E-state index in [4.69, 9.17) is 4.74 Å². The smallest absolute Gasteiger partial charge is 0.258 e. The van der Waals surface area contributed by atoms with Crippen LogP contribution in [0.25, 0.3) is 11.0 Å². The number of aromatic nitrogens is 3. The van der Waals surface area contributed by atoms with Gasteiger partial charge in [0.25, 0.3) is 5.91 Å². The van der Waals surface area contributed by atoms with Gasteiger partial charge >= 0.3 is 0 Å². The van der Waals surface area contributed by atoms with Crippen LogP contribution in [0.5, 0.6) is 5.75 Å². The van der Waals surface area contributed by atoms with Crippen molar-refractivity contribution in [2.45, 2.75) is 19.0 Å². The van der Waals surface area contributed by atoms with E-state index < -0.39 is 40.2 Å². The van der Waals surface area contributed by atoms with E-state index in [0.717, 1.165) is 6.07 Å². The Hall–Kier alpha value is -4.70. The molecule has 1 N–H and O–H groups in total. The maximum absolute atomic E-state index is 15.6. The largest absolute Gasteiger partial charge is 0.497 e. The zero-order chi connectivity index (χ0) is 27.9. The predicted molar refractivity (Wildman–Crippen MR) is 140 cm³/mol. The number of benzene rings is 2. The molecule has 0 radical (unpaired) electrons. The summed E-state index contributed by atoms with van der Waals surface area (Å²) in [4.78, 5) is 25.0. The summed E-state index contributed by atoms with van der Waals surface area (Å²) in [7, 11) is -1.86. The lowest BCUT2D eigenvalue weighted by Crippen LogP contribution is -2.27. The van der Waals surface area contributed by atoms with E-state index in [1.54, 1.807) is 30.3 Å². The van der Waals surface area contributed by atoms with Crippen molar-refractivity contribution in [1.82, 2.24) is 15.0 Å². The minimum Gasteiger partial charge on any atom is -0.497 e. The van der Waals surface area contributed by atoms with Crippen molar-refractivity contribution in [2.75, 3.05) is 23.3 Å². The van der Waals surface area contributed by atoms with E-state index in [-0.39, 0.29) is 36.0 Å². The topological polar surface area (TPSA) is 138 Å². The van der Waals surface area contributed by atoms with Crippen LogP contribution >= 0.6 is 0 Å². The summed E-state index contributed by atoms with van der Waals surface area (Å²) in [5.41, 5.74) is 0.0721. The van der Waals surface area contributed by atoms with Crippen molar-refractivity contribution in [2.24, 2.45) is 0 Å². The van der Waals surface area contributed by atoms with Crippen molar-refractivity contribution < 1.29 is 26.7 Å². The summed E-state index contributed by atoms with van der Waals surface area (Å²) in [6.07, 6.45) is 2.35. The Kier molecular flexibility index (Phi) is 8.57. The first-order valence-electron chi connectivity index (χ1n) is 11.6. The number of amides is 1. The normalized spacial score (nSPS) is 11.7. The van der Waals surface area contributed by atoms with Gasteiger partial charge < -0.3 is 10.1 Å². The van der Waals surface area contributed by atoms with E-state index >= 15 is 4.39 Å².